The minimum Gasteiger partial charge on any atom is -0.497 e. The van der Waals surface area contributed by atoms with Crippen LogP contribution in [0.2, 0.25) is 10.0 Å². The highest BCUT2D eigenvalue weighted by atomic mass is 35.5. The lowest BCUT2D eigenvalue weighted by Crippen LogP contribution is -1.82. The lowest BCUT2D eigenvalue weighted by molar-refractivity contribution is 0.415. The summed E-state index contributed by atoms with van der Waals surface area (Å²) in [6, 6.07) is 10.6. The molecule has 0 fully saturated rings. The predicted octanol–water partition coefficient (Wildman–Crippen LogP) is 5.31. The summed E-state index contributed by atoms with van der Waals surface area (Å²) in [6.45, 7) is 0. The van der Waals surface area contributed by atoms with Crippen molar-refractivity contribution in [1.82, 2.24) is 0 Å². The molecule has 0 aliphatic heterocycles. The lowest BCUT2D eigenvalue weighted by Gasteiger charge is -2.01. The molecule has 0 saturated carbocycles. The Kier molecular flexibility index (Phi) is 4.46. The van der Waals surface area contributed by atoms with Crippen molar-refractivity contribution in [2.24, 2.45) is 0 Å². The maximum absolute atomic E-state index is 13.3. The van der Waals surface area contributed by atoms with Gasteiger partial charge in [-0.2, -0.15) is 0 Å². The van der Waals surface area contributed by atoms with Crippen LogP contribution in [0.25, 0.3) is 12.2 Å². The maximum atomic E-state index is 13.3. The van der Waals surface area contributed by atoms with E-state index in [1.807, 2.05) is 36.4 Å². The molecule has 0 unspecified atom stereocenters. The first-order valence-corrected chi connectivity index (χ1v) is 6.32. The molecule has 2 aromatic rings. The van der Waals surface area contributed by atoms with Crippen molar-refractivity contribution < 1.29 is 9.13 Å². The number of ether oxygens (including phenoxy) is 1. The van der Waals surface area contributed by atoms with Crippen LogP contribution in [0.3, 0.4) is 0 Å². The van der Waals surface area contributed by atoms with Gasteiger partial charge >= 0.3 is 0 Å². The van der Waals surface area contributed by atoms with Crippen molar-refractivity contribution in [3.8, 4) is 5.75 Å². The van der Waals surface area contributed by atoms with Gasteiger partial charge in [0.15, 0.2) is 5.82 Å². The van der Waals surface area contributed by atoms with Crippen molar-refractivity contribution in [1.29, 1.82) is 0 Å². The van der Waals surface area contributed by atoms with Gasteiger partial charge in [0, 0.05) is 0 Å². The van der Waals surface area contributed by atoms with Gasteiger partial charge in [-0.3, -0.25) is 0 Å². The van der Waals surface area contributed by atoms with Gasteiger partial charge in [-0.25, -0.2) is 4.39 Å². The summed E-state index contributed by atoms with van der Waals surface area (Å²) in [4.78, 5) is 0. The number of hydrogen-bond donors (Lipinski definition) is 0. The molecule has 98 valence electrons. The Morgan fingerprint density at radius 1 is 0.947 bits per heavy atom. The fraction of sp³-hybridized carbons (Fsp3) is 0.0667. The number of rotatable bonds is 3. The quantitative estimate of drug-likeness (QED) is 0.551. The zero-order valence-corrected chi connectivity index (χ0v) is 11.7. The minimum atomic E-state index is -0.593. The van der Waals surface area contributed by atoms with Crippen molar-refractivity contribution in [2.45, 2.75) is 0 Å². The van der Waals surface area contributed by atoms with Crippen LogP contribution in [0.5, 0.6) is 5.75 Å². The molecule has 4 heteroatoms. The highest BCUT2D eigenvalue weighted by Gasteiger charge is 2.05. The summed E-state index contributed by atoms with van der Waals surface area (Å²) in [5.74, 6) is 0.204. The summed E-state index contributed by atoms with van der Waals surface area (Å²) in [7, 11) is 1.62. The van der Waals surface area contributed by atoms with Crippen LogP contribution in [0.1, 0.15) is 11.1 Å². The van der Waals surface area contributed by atoms with Crippen LogP contribution in [-0.2, 0) is 0 Å². The SMILES string of the molecule is COc1ccc(C=Cc2cc(Cl)c(F)c(Cl)c2)cc1. The molecule has 0 atom stereocenters. The zero-order valence-electron chi connectivity index (χ0n) is 10.2. The molecule has 0 heterocycles. The Morgan fingerprint density at radius 3 is 2.00 bits per heavy atom. The van der Waals surface area contributed by atoms with Crippen LogP contribution in [0.4, 0.5) is 4.39 Å². The van der Waals surface area contributed by atoms with E-state index in [2.05, 4.69) is 0 Å². The Morgan fingerprint density at radius 2 is 1.47 bits per heavy atom. The first-order chi connectivity index (χ1) is 9.10. The fourth-order valence-electron chi connectivity index (χ4n) is 1.58. The van der Waals surface area contributed by atoms with E-state index in [9.17, 15) is 4.39 Å². The van der Waals surface area contributed by atoms with Gasteiger partial charge in [-0.15, -0.1) is 0 Å². The van der Waals surface area contributed by atoms with Crippen LogP contribution >= 0.6 is 23.2 Å². The van der Waals surface area contributed by atoms with Gasteiger partial charge in [-0.05, 0) is 35.4 Å². The third kappa shape index (κ3) is 3.49. The molecule has 2 aromatic carbocycles. The Balaban J connectivity index is 2.22. The molecule has 19 heavy (non-hydrogen) atoms. The molecule has 0 amide bonds. The molecule has 0 aromatic heterocycles. The van der Waals surface area contributed by atoms with Crippen LogP contribution < -0.4 is 4.74 Å². The lowest BCUT2D eigenvalue weighted by atomic mass is 10.1. The largest absolute Gasteiger partial charge is 0.497 e. The molecule has 0 bridgehead atoms. The third-order valence-electron chi connectivity index (χ3n) is 2.59. The molecule has 0 N–H and O–H groups in total. The number of halogens is 3. The molecule has 0 radical (unpaired) electrons. The van der Waals surface area contributed by atoms with Gasteiger partial charge in [0.2, 0.25) is 0 Å². The van der Waals surface area contributed by atoms with Crippen LogP contribution in [0.15, 0.2) is 36.4 Å². The second kappa shape index (κ2) is 6.09. The minimum absolute atomic E-state index is 0.0156. The second-order valence-corrected chi connectivity index (χ2v) is 4.72. The molecule has 0 spiro atoms. The van der Waals surface area contributed by atoms with Crippen molar-refractivity contribution >= 4 is 35.4 Å². The summed E-state index contributed by atoms with van der Waals surface area (Å²) >= 11 is 11.5. The first-order valence-electron chi connectivity index (χ1n) is 5.57. The Labute approximate surface area is 121 Å². The van der Waals surface area contributed by atoms with Gasteiger partial charge in [0.25, 0.3) is 0 Å². The van der Waals surface area contributed by atoms with Gasteiger partial charge in [0.05, 0.1) is 17.2 Å². The standard InChI is InChI=1S/C15H11Cl2FO/c1-19-12-6-4-10(5-7-12)2-3-11-8-13(16)15(18)14(17)9-11/h2-9H,1H3. The van der Waals surface area contributed by atoms with E-state index in [1.54, 1.807) is 7.11 Å². The van der Waals surface area contributed by atoms with E-state index in [0.717, 1.165) is 16.9 Å². The number of benzene rings is 2. The van der Waals surface area contributed by atoms with E-state index < -0.39 is 5.82 Å². The molecule has 1 nitrogen and oxygen atoms in total. The molecule has 0 aliphatic rings. The first kappa shape index (κ1) is 13.9. The van der Waals surface area contributed by atoms with Crippen molar-refractivity contribution in [2.75, 3.05) is 7.11 Å². The average molecular weight is 297 g/mol. The third-order valence-corrected chi connectivity index (χ3v) is 3.14. The predicted molar refractivity (Wildman–Crippen MR) is 78.3 cm³/mol. The van der Waals surface area contributed by atoms with Crippen molar-refractivity contribution in [3.05, 3.63) is 63.4 Å². The molecule has 0 saturated heterocycles. The highest BCUT2D eigenvalue weighted by Crippen LogP contribution is 2.25. The highest BCUT2D eigenvalue weighted by molar-refractivity contribution is 6.35. The molecular weight excluding hydrogens is 286 g/mol. The molecule has 2 rings (SSSR count). The Bertz CT molecular complexity index is 583. The normalized spacial score (nSPS) is 10.9. The zero-order chi connectivity index (χ0) is 13.8. The molecular formula is C15H11Cl2FO. The second-order valence-electron chi connectivity index (χ2n) is 3.91. The summed E-state index contributed by atoms with van der Waals surface area (Å²) in [5, 5.41) is 0.0313. The van der Waals surface area contributed by atoms with E-state index >= 15 is 0 Å². The van der Waals surface area contributed by atoms with Gasteiger partial charge < -0.3 is 4.74 Å². The smallest absolute Gasteiger partial charge is 0.160 e. The van der Waals surface area contributed by atoms with E-state index in [0.29, 0.717) is 0 Å². The van der Waals surface area contributed by atoms with E-state index in [-0.39, 0.29) is 10.0 Å². The molecule has 0 aliphatic carbocycles. The van der Waals surface area contributed by atoms with E-state index in [1.165, 1.54) is 12.1 Å². The maximum Gasteiger partial charge on any atom is 0.160 e. The van der Waals surface area contributed by atoms with Crippen LogP contribution in [0, 0.1) is 5.82 Å². The summed E-state index contributed by atoms with van der Waals surface area (Å²) in [6.07, 6.45) is 3.71. The summed E-state index contributed by atoms with van der Waals surface area (Å²) in [5.41, 5.74) is 1.74. The Hall–Kier alpha value is -1.51. The fourth-order valence-corrected chi connectivity index (χ4v) is 2.08. The average Bonchev–Trinajstić information content (AvgIpc) is 2.43. The van der Waals surface area contributed by atoms with Gasteiger partial charge in [0.1, 0.15) is 5.75 Å². The van der Waals surface area contributed by atoms with Crippen LogP contribution in [-0.4, -0.2) is 7.11 Å². The number of hydrogen-bond acceptors (Lipinski definition) is 1. The van der Waals surface area contributed by atoms with Gasteiger partial charge in [-0.1, -0.05) is 47.5 Å². The topological polar surface area (TPSA) is 9.23 Å². The number of methoxy groups -OCH3 is 1. The monoisotopic (exact) mass is 296 g/mol. The van der Waals surface area contributed by atoms with Crippen molar-refractivity contribution in [3.63, 3.8) is 0 Å². The summed E-state index contributed by atoms with van der Waals surface area (Å²) < 4.78 is 18.3. The van der Waals surface area contributed by atoms with E-state index in [4.69, 9.17) is 27.9 Å².